The molecule has 31 heavy (non-hydrogen) atoms. The molecule has 0 spiro atoms. The van der Waals surface area contributed by atoms with E-state index in [1.807, 2.05) is 30.3 Å². The Morgan fingerprint density at radius 1 is 0.742 bits per heavy atom. The summed E-state index contributed by atoms with van der Waals surface area (Å²) in [6, 6.07) is 35.4. The minimum atomic E-state index is -0.287. The van der Waals surface area contributed by atoms with E-state index in [9.17, 15) is 0 Å². The van der Waals surface area contributed by atoms with Crippen molar-refractivity contribution >= 4 is 21.6 Å². The van der Waals surface area contributed by atoms with E-state index in [1.165, 1.54) is 4.70 Å². The van der Waals surface area contributed by atoms with Gasteiger partial charge >= 0.3 is 21.1 Å². The largest absolute Gasteiger partial charge is 2.00 e. The summed E-state index contributed by atoms with van der Waals surface area (Å²) < 4.78 is 1.21. The maximum Gasteiger partial charge on any atom is 2.00 e. The Balaban J connectivity index is 0.00000231. The summed E-state index contributed by atoms with van der Waals surface area (Å²) in [6.07, 6.45) is 0. The van der Waals surface area contributed by atoms with Gasteiger partial charge in [-0.1, -0.05) is 24.3 Å². The molecule has 5 rings (SSSR count). The molecule has 0 aliphatic carbocycles. The molecule has 0 bridgehead atoms. The number of benzene rings is 3. The van der Waals surface area contributed by atoms with Crippen LogP contribution in [0.1, 0.15) is 24.5 Å². The maximum absolute atomic E-state index is 5.02. The van der Waals surface area contributed by atoms with Crippen LogP contribution in [0.5, 0.6) is 0 Å². The third kappa shape index (κ3) is 4.26. The molecule has 0 amide bonds. The molecular weight excluding hydrogens is 579 g/mol. The molecule has 0 unspecified atom stereocenters. The third-order valence-electron chi connectivity index (χ3n) is 5.29. The Hall–Kier alpha value is -2.61. The molecule has 0 atom stereocenters. The Morgan fingerprint density at radius 2 is 1.48 bits per heavy atom. The average molecular weight is 600 g/mol. The normalized spacial score (nSPS) is 11.3. The molecule has 0 aliphatic heterocycles. The van der Waals surface area contributed by atoms with Crippen molar-refractivity contribution in [3.63, 3.8) is 0 Å². The molecule has 0 radical (unpaired) electrons. The predicted molar refractivity (Wildman–Crippen MR) is 125 cm³/mol. The second-order valence-corrected chi connectivity index (χ2v) is 8.80. The molecular formula is C27H20N2PtS. The van der Waals surface area contributed by atoms with Gasteiger partial charge in [0.2, 0.25) is 0 Å². The maximum atomic E-state index is 5.02. The zero-order valence-electron chi connectivity index (χ0n) is 17.2. The van der Waals surface area contributed by atoms with E-state index < -0.39 is 0 Å². The quantitative estimate of drug-likeness (QED) is 0.209. The number of aromatic nitrogens is 2. The molecule has 2 aromatic heterocycles. The number of fused-ring (bicyclic) bond motifs is 1. The first-order chi connectivity index (χ1) is 14.6. The number of pyridine rings is 1. The second kappa shape index (κ2) is 8.86. The smallest absolute Gasteiger partial charge is 0.291 e. The Bertz CT molecular complexity index is 1290. The van der Waals surface area contributed by atoms with Crippen LogP contribution in [0.2, 0.25) is 0 Å². The van der Waals surface area contributed by atoms with Gasteiger partial charge in [0.05, 0.1) is 15.6 Å². The minimum absolute atomic E-state index is 0. The summed E-state index contributed by atoms with van der Waals surface area (Å²) in [5.41, 5.74) is 5.71. The summed E-state index contributed by atoms with van der Waals surface area (Å²) in [7, 11) is 0. The summed E-state index contributed by atoms with van der Waals surface area (Å²) in [4.78, 5) is 9.90. The minimum Gasteiger partial charge on any atom is -0.291 e. The van der Waals surface area contributed by atoms with Crippen LogP contribution in [0, 0.1) is 12.1 Å². The molecule has 5 aromatic rings. The molecule has 0 saturated carbocycles. The molecule has 0 saturated heterocycles. The first-order valence-electron chi connectivity index (χ1n) is 9.95. The SMILES string of the molecule is CC(C)(c1cccc(-c2[c-]c(-c3[c-]cccc3)ccc2)n1)c1nc2ccccc2s1.[Pt+2]. The summed E-state index contributed by atoms with van der Waals surface area (Å²) in [5, 5.41) is 1.07. The van der Waals surface area contributed by atoms with Crippen molar-refractivity contribution in [3.8, 4) is 22.4 Å². The molecule has 4 heteroatoms. The van der Waals surface area contributed by atoms with Crippen molar-refractivity contribution < 1.29 is 21.1 Å². The zero-order chi connectivity index (χ0) is 20.6. The second-order valence-electron chi connectivity index (χ2n) is 7.77. The Kier molecular flexibility index (Phi) is 6.18. The van der Waals surface area contributed by atoms with Crippen molar-refractivity contribution in [2.24, 2.45) is 0 Å². The van der Waals surface area contributed by atoms with Gasteiger partial charge < -0.3 is 0 Å². The standard InChI is InChI=1S/C27H20N2S.Pt/c1-27(2,26-29-23-14-6-7-16-24(23)30-26)25-17-9-15-22(28-25)21-13-8-12-20(18-21)19-10-4-3-5-11-19;/h3-10,12-17H,1-2H3;/q-2;+2. The van der Waals surface area contributed by atoms with Gasteiger partial charge in [0.1, 0.15) is 5.01 Å². The van der Waals surface area contributed by atoms with Gasteiger partial charge in [-0.3, -0.25) is 4.98 Å². The van der Waals surface area contributed by atoms with Crippen LogP contribution in [0.4, 0.5) is 0 Å². The number of nitrogens with zero attached hydrogens (tertiary/aromatic N) is 2. The molecule has 0 N–H and O–H groups in total. The first-order valence-corrected chi connectivity index (χ1v) is 10.8. The number of hydrogen-bond acceptors (Lipinski definition) is 3. The third-order valence-corrected chi connectivity index (χ3v) is 6.65. The van der Waals surface area contributed by atoms with Crippen LogP contribution in [0.25, 0.3) is 32.6 Å². The summed E-state index contributed by atoms with van der Waals surface area (Å²) in [6.45, 7) is 4.38. The fraction of sp³-hybridized carbons (Fsp3) is 0.111. The van der Waals surface area contributed by atoms with E-state index in [4.69, 9.17) is 9.97 Å². The fourth-order valence-electron chi connectivity index (χ4n) is 3.52. The van der Waals surface area contributed by atoms with E-state index in [0.717, 1.165) is 38.6 Å². The van der Waals surface area contributed by atoms with Crippen molar-refractivity contribution in [2.75, 3.05) is 0 Å². The number of rotatable bonds is 4. The van der Waals surface area contributed by atoms with Gasteiger partial charge in [0.25, 0.3) is 0 Å². The van der Waals surface area contributed by atoms with E-state index in [1.54, 1.807) is 11.3 Å². The predicted octanol–water partition coefficient (Wildman–Crippen LogP) is 6.95. The summed E-state index contributed by atoms with van der Waals surface area (Å²) >= 11 is 1.74. The van der Waals surface area contributed by atoms with E-state index in [-0.39, 0.29) is 26.5 Å². The van der Waals surface area contributed by atoms with Crippen molar-refractivity contribution in [1.82, 2.24) is 9.97 Å². The van der Waals surface area contributed by atoms with Crippen LogP contribution >= 0.6 is 11.3 Å². The zero-order valence-corrected chi connectivity index (χ0v) is 20.3. The molecule has 0 fully saturated rings. The van der Waals surface area contributed by atoms with Crippen LogP contribution in [0.15, 0.2) is 84.9 Å². The van der Waals surface area contributed by atoms with Gasteiger partial charge in [0.15, 0.2) is 0 Å². The van der Waals surface area contributed by atoms with Crippen molar-refractivity contribution in [3.05, 3.63) is 108 Å². The first kappa shape index (κ1) is 21.6. The molecule has 0 aliphatic rings. The van der Waals surface area contributed by atoms with Crippen LogP contribution in [-0.4, -0.2) is 9.97 Å². The fourth-order valence-corrected chi connectivity index (χ4v) is 4.60. The summed E-state index contributed by atoms with van der Waals surface area (Å²) in [5.74, 6) is 0. The molecule has 3 aromatic carbocycles. The van der Waals surface area contributed by atoms with Crippen LogP contribution in [0.3, 0.4) is 0 Å². The molecule has 2 nitrogen and oxygen atoms in total. The number of para-hydroxylation sites is 1. The van der Waals surface area contributed by atoms with Crippen LogP contribution < -0.4 is 0 Å². The van der Waals surface area contributed by atoms with E-state index in [2.05, 4.69) is 80.6 Å². The van der Waals surface area contributed by atoms with E-state index in [0.29, 0.717) is 0 Å². The average Bonchev–Trinajstić information content (AvgIpc) is 3.25. The topological polar surface area (TPSA) is 25.8 Å². The van der Waals surface area contributed by atoms with Gasteiger partial charge in [0, 0.05) is 11.4 Å². The number of thiazole rings is 1. The van der Waals surface area contributed by atoms with Gasteiger partial charge in [-0.2, -0.15) is 42.0 Å². The van der Waals surface area contributed by atoms with E-state index >= 15 is 0 Å². The van der Waals surface area contributed by atoms with Gasteiger partial charge in [-0.15, -0.1) is 35.1 Å². The molecule has 2 heterocycles. The Labute approximate surface area is 201 Å². The Morgan fingerprint density at radius 3 is 2.29 bits per heavy atom. The van der Waals surface area contributed by atoms with Crippen LogP contribution in [-0.2, 0) is 26.5 Å². The number of hydrogen-bond donors (Lipinski definition) is 0. The monoisotopic (exact) mass is 599 g/mol. The molecule has 154 valence electrons. The van der Waals surface area contributed by atoms with Gasteiger partial charge in [-0.25, -0.2) is 10.5 Å². The van der Waals surface area contributed by atoms with Crippen molar-refractivity contribution in [2.45, 2.75) is 19.3 Å². The van der Waals surface area contributed by atoms with Gasteiger partial charge in [-0.05, 0) is 32.0 Å². The van der Waals surface area contributed by atoms with Crippen molar-refractivity contribution in [1.29, 1.82) is 0 Å².